The molecule has 2 rings (SSSR count). The largest absolute Gasteiger partial charge is 0.493 e. The van der Waals surface area contributed by atoms with Gasteiger partial charge in [0.1, 0.15) is 0 Å². The number of rotatable bonds is 5. The molecule has 1 aromatic rings. The quantitative estimate of drug-likeness (QED) is 0.859. The summed E-state index contributed by atoms with van der Waals surface area (Å²) >= 11 is 0. The van der Waals surface area contributed by atoms with Gasteiger partial charge in [-0.05, 0) is 25.0 Å². The van der Waals surface area contributed by atoms with Crippen LogP contribution in [0, 0.1) is 0 Å². The average Bonchev–Trinajstić information content (AvgIpc) is 3.11. The van der Waals surface area contributed by atoms with Crippen LogP contribution in [0.5, 0.6) is 11.5 Å². The number of sulfonamides is 1. The molecule has 0 spiro atoms. The Morgan fingerprint density at radius 2 is 1.82 bits per heavy atom. The van der Waals surface area contributed by atoms with Crippen LogP contribution in [0.2, 0.25) is 0 Å². The molecule has 5 nitrogen and oxygen atoms in total. The van der Waals surface area contributed by atoms with Crippen molar-refractivity contribution in [3.63, 3.8) is 0 Å². The van der Waals surface area contributed by atoms with Gasteiger partial charge in [-0.15, -0.1) is 0 Å². The van der Waals surface area contributed by atoms with Gasteiger partial charge in [-0.3, -0.25) is 0 Å². The van der Waals surface area contributed by atoms with E-state index in [2.05, 4.69) is 4.72 Å². The zero-order valence-corrected chi connectivity index (χ0v) is 10.6. The second-order valence-electron chi connectivity index (χ2n) is 3.91. The fourth-order valence-electron chi connectivity index (χ4n) is 1.47. The summed E-state index contributed by atoms with van der Waals surface area (Å²) in [4.78, 5) is 0.196. The van der Waals surface area contributed by atoms with Crippen molar-refractivity contribution in [3.05, 3.63) is 18.2 Å². The van der Waals surface area contributed by atoms with Gasteiger partial charge in [0.05, 0.1) is 19.1 Å². The highest BCUT2D eigenvalue weighted by atomic mass is 32.2. The summed E-state index contributed by atoms with van der Waals surface area (Å²) in [5, 5.41) is 0. The number of hydrogen-bond acceptors (Lipinski definition) is 4. The normalized spacial score (nSPS) is 15.6. The number of nitrogens with one attached hydrogen (secondary N) is 1. The Bertz CT molecular complexity index is 508. The van der Waals surface area contributed by atoms with Crippen molar-refractivity contribution in [2.24, 2.45) is 0 Å². The molecule has 1 aliphatic carbocycles. The predicted molar refractivity (Wildman–Crippen MR) is 62.9 cm³/mol. The van der Waals surface area contributed by atoms with Gasteiger partial charge in [0.2, 0.25) is 10.0 Å². The SMILES string of the molecule is COc1ccc(S(=O)(=O)NC2CC2)cc1OC. The van der Waals surface area contributed by atoms with Crippen LogP contribution in [0.4, 0.5) is 0 Å². The number of methoxy groups -OCH3 is 2. The van der Waals surface area contributed by atoms with Gasteiger partial charge in [0.25, 0.3) is 0 Å². The molecule has 6 heteroatoms. The van der Waals surface area contributed by atoms with E-state index in [1.807, 2.05) is 0 Å². The van der Waals surface area contributed by atoms with Gasteiger partial charge in [-0.2, -0.15) is 0 Å². The Hall–Kier alpha value is -1.27. The molecule has 0 unspecified atom stereocenters. The molecule has 0 atom stereocenters. The number of hydrogen-bond donors (Lipinski definition) is 1. The molecular formula is C11H15NO4S. The van der Waals surface area contributed by atoms with Crippen LogP contribution in [0.25, 0.3) is 0 Å². The van der Waals surface area contributed by atoms with Crippen molar-refractivity contribution < 1.29 is 17.9 Å². The summed E-state index contributed by atoms with van der Waals surface area (Å²) in [6.45, 7) is 0. The van der Waals surface area contributed by atoms with Gasteiger partial charge in [-0.25, -0.2) is 13.1 Å². The lowest BCUT2D eigenvalue weighted by Gasteiger charge is -2.10. The Labute approximate surface area is 101 Å². The molecule has 1 fully saturated rings. The van der Waals surface area contributed by atoms with E-state index < -0.39 is 10.0 Å². The summed E-state index contributed by atoms with van der Waals surface area (Å²) in [6, 6.07) is 4.64. The van der Waals surface area contributed by atoms with Gasteiger partial charge >= 0.3 is 0 Å². The molecule has 94 valence electrons. The van der Waals surface area contributed by atoms with E-state index in [1.54, 1.807) is 6.07 Å². The third-order valence-electron chi connectivity index (χ3n) is 2.56. The summed E-state index contributed by atoms with van der Waals surface area (Å²) < 4.78 is 36.6. The Kier molecular flexibility index (Phi) is 3.26. The monoisotopic (exact) mass is 257 g/mol. The second-order valence-corrected chi connectivity index (χ2v) is 5.63. The summed E-state index contributed by atoms with van der Waals surface area (Å²) in [5.41, 5.74) is 0. The van der Waals surface area contributed by atoms with Crippen molar-refractivity contribution >= 4 is 10.0 Å². The van der Waals surface area contributed by atoms with Crippen molar-refractivity contribution in [2.75, 3.05) is 14.2 Å². The maximum Gasteiger partial charge on any atom is 0.240 e. The molecule has 0 aromatic heterocycles. The lowest BCUT2D eigenvalue weighted by molar-refractivity contribution is 0.354. The molecule has 0 radical (unpaired) electrons. The minimum Gasteiger partial charge on any atom is -0.493 e. The molecule has 17 heavy (non-hydrogen) atoms. The zero-order chi connectivity index (χ0) is 12.5. The van der Waals surface area contributed by atoms with E-state index in [0.29, 0.717) is 11.5 Å². The van der Waals surface area contributed by atoms with E-state index in [4.69, 9.17) is 9.47 Å². The van der Waals surface area contributed by atoms with Crippen LogP contribution in [0.3, 0.4) is 0 Å². The Morgan fingerprint density at radius 1 is 1.18 bits per heavy atom. The van der Waals surface area contributed by atoms with Crippen molar-refractivity contribution in [1.82, 2.24) is 4.72 Å². The molecule has 0 amide bonds. The topological polar surface area (TPSA) is 64.6 Å². The lowest BCUT2D eigenvalue weighted by atomic mass is 10.3. The standard InChI is InChI=1S/C11H15NO4S/c1-15-10-6-5-9(7-11(10)16-2)17(13,14)12-8-3-4-8/h5-8,12H,3-4H2,1-2H3. The maximum atomic E-state index is 11.9. The highest BCUT2D eigenvalue weighted by Crippen LogP contribution is 2.30. The van der Waals surface area contributed by atoms with Gasteiger partial charge in [0.15, 0.2) is 11.5 Å². The van der Waals surface area contributed by atoms with E-state index in [9.17, 15) is 8.42 Å². The molecule has 1 saturated carbocycles. The van der Waals surface area contributed by atoms with Crippen molar-refractivity contribution in [2.45, 2.75) is 23.8 Å². The summed E-state index contributed by atoms with van der Waals surface area (Å²) in [7, 11) is -0.457. The fourth-order valence-corrected chi connectivity index (χ4v) is 2.79. The number of ether oxygens (including phenoxy) is 2. The highest BCUT2D eigenvalue weighted by molar-refractivity contribution is 7.89. The van der Waals surface area contributed by atoms with Crippen LogP contribution in [0.15, 0.2) is 23.1 Å². The first-order valence-electron chi connectivity index (χ1n) is 5.31. The summed E-state index contributed by atoms with van der Waals surface area (Å²) in [6.07, 6.45) is 1.82. The first-order valence-corrected chi connectivity index (χ1v) is 6.79. The third kappa shape index (κ3) is 2.70. The Balaban J connectivity index is 2.31. The van der Waals surface area contributed by atoms with Crippen molar-refractivity contribution in [1.29, 1.82) is 0 Å². The third-order valence-corrected chi connectivity index (χ3v) is 4.08. The summed E-state index contributed by atoms with van der Waals surface area (Å²) in [5.74, 6) is 0.920. The van der Waals surface area contributed by atoms with Gasteiger partial charge in [0, 0.05) is 12.1 Å². The van der Waals surface area contributed by atoms with Crippen molar-refractivity contribution in [3.8, 4) is 11.5 Å². The molecule has 1 aromatic carbocycles. The zero-order valence-electron chi connectivity index (χ0n) is 9.76. The van der Waals surface area contributed by atoms with E-state index >= 15 is 0 Å². The van der Waals surface area contributed by atoms with Crippen LogP contribution in [-0.4, -0.2) is 28.7 Å². The first kappa shape index (κ1) is 12.2. The molecule has 0 aliphatic heterocycles. The van der Waals surface area contributed by atoms with Crippen LogP contribution in [0.1, 0.15) is 12.8 Å². The molecular weight excluding hydrogens is 242 g/mol. The smallest absolute Gasteiger partial charge is 0.240 e. The van der Waals surface area contributed by atoms with E-state index in [0.717, 1.165) is 12.8 Å². The van der Waals surface area contributed by atoms with Gasteiger partial charge < -0.3 is 9.47 Å². The fraction of sp³-hybridized carbons (Fsp3) is 0.455. The van der Waals surface area contributed by atoms with E-state index in [-0.39, 0.29) is 10.9 Å². The first-order chi connectivity index (χ1) is 8.06. The van der Waals surface area contributed by atoms with Crippen LogP contribution < -0.4 is 14.2 Å². The average molecular weight is 257 g/mol. The molecule has 0 saturated heterocycles. The van der Waals surface area contributed by atoms with Crippen LogP contribution >= 0.6 is 0 Å². The van der Waals surface area contributed by atoms with Crippen LogP contribution in [-0.2, 0) is 10.0 Å². The predicted octanol–water partition coefficient (Wildman–Crippen LogP) is 1.14. The van der Waals surface area contributed by atoms with E-state index in [1.165, 1.54) is 26.4 Å². The Morgan fingerprint density at radius 3 is 2.35 bits per heavy atom. The maximum absolute atomic E-state index is 11.9. The molecule has 0 heterocycles. The second kappa shape index (κ2) is 4.54. The minimum absolute atomic E-state index is 0.0908. The highest BCUT2D eigenvalue weighted by Gasteiger charge is 2.28. The minimum atomic E-state index is -3.44. The van der Waals surface area contributed by atoms with Gasteiger partial charge in [-0.1, -0.05) is 0 Å². The number of benzene rings is 1. The lowest BCUT2D eigenvalue weighted by Crippen LogP contribution is -2.25. The molecule has 0 bridgehead atoms. The molecule has 1 aliphatic rings. The molecule has 1 N–H and O–H groups in total.